The van der Waals surface area contributed by atoms with Gasteiger partial charge in [0.15, 0.2) is 12.6 Å². The molecule has 4 aromatic rings. The van der Waals surface area contributed by atoms with Gasteiger partial charge in [-0.05, 0) is 83.0 Å². The van der Waals surface area contributed by atoms with Crippen LogP contribution in [0.3, 0.4) is 0 Å². The van der Waals surface area contributed by atoms with Crippen LogP contribution in [0.1, 0.15) is 71.6 Å². The molecule has 8 rings (SSSR count). The van der Waals surface area contributed by atoms with Crippen molar-refractivity contribution in [3.8, 4) is 35.4 Å². The summed E-state index contributed by atoms with van der Waals surface area (Å²) in [6, 6.07) is 4.53. The van der Waals surface area contributed by atoms with Crippen molar-refractivity contribution in [2.45, 2.75) is 114 Å². The predicted octanol–water partition coefficient (Wildman–Crippen LogP) is 9.91. The zero-order valence-electron chi connectivity index (χ0n) is 38.3. The average molecular weight is 991 g/mol. The molecule has 3 atom stereocenters. The maximum absolute atomic E-state index is 17.6. The first-order valence-corrected chi connectivity index (χ1v) is 22.1. The van der Waals surface area contributed by atoms with Crippen molar-refractivity contribution in [1.29, 1.82) is 0 Å². The van der Waals surface area contributed by atoms with Gasteiger partial charge in [0.2, 0.25) is 0 Å². The number of alkyl halides is 9. The SMILES string of the molecule is C#Cc1c(F)ccc2cc(OCOC)cc(-c3nc4c5c(nc(OCC67CCCN6CC(OC(C(F)(F)F)(C(F)(F)F)C(F)(F)F)C7)nc5c3F)N3CCN(C(=O)OC(C)(C)C)CC3CC4)c12.CC. The number of aryl methyl sites for hydroxylation is 1. The number of pyridine rings is 1. The van der Waals surface area contributed by atoms with Crippen LogP contribution in [0.15, 0.2) is 24.3 Å². The molecule has 4 aliphatic heterocycles. The van der Waals surface area contributed by atoms with E-state index in [2.05, 4.69) is 20.6 Å². The molecular weight excluding hydrogens is 942 g/mol. The number of rotatable bonds is 9. The Kier molecular flexibility index (Phi) is 13.9. The molecule has 376 valence electrons. The normalized spacial score (nSPS) is 21.0. The van der Waals surface area contributed by atoms with Gasteiger partial charge in [0.25, 0.3) is 0 Å². The third-order valence-electron chi connectivity index (χ3n) is 12.5. The van der Waals surface area contributed by atoms with Crippen molar-refractivity contribution in [3.63, 3.8) is 0 Å². The zero-order valence-corrected chi connectivity index (χ0v) is 38.3. The molecule has 1 amide bonds. The molecule has 3 saturated heterocycles. The minimum absolute atomic E-state index is 0.0116. The van der Waals surface area contributed by atoms with Gasteiger partial charge in [-0.3, -0.25) is 4.90 Å². The lowest BCUT2D eigenvalue weighted by molar-refractivity contribution is -0.463. The Morgan fingerprint density at radius 3 is 2.23 bits per heavy atom. The number of anilines is 1. The molecule has 69 heavy (non-hydrogen) atoms. The van der Waals surface area contributed by atoms with E-state index in [1.54, 1.807) is 26.8 Å². The first-order valence-electron chi connectivity index (χ1n) is 22.1. The number of carbonyl (C=O) groups is 1. The molecule has 0 bridgehead atoms. The van der Waals surface area contributed by atoms with E-state index in [1.165, 1.54) is 29.0 Å². The van der Waals surface area contributed by atoms with E-state index in [4.69, 9.17) is 30.4 Å². The lowest BCUT2D eigenvalue weighted by Gasteiger charge is -2.41. The second-order valence-electron chi connectivity index (χ2n) is 18.0. The van der Waals surface area contributed by atoms with E-state index in [1.807, 2.05) is 18.7 Å². The summed E-state index contributed by atoms with van der Waals surface area (Å²) >= 11 is 0. The highest BCUT2D eigenvalue weighted by Crippen LogP contribution is 2.57. The fourth-order valence-electron chi connectivity index (χ4n) is 9.64. The number of terminal acetylenes is 1. The van der Waals surface area contributed by atoms with Gasteiger partial charge in [0, 0.05) is 50.3 Å². The lowest BCUT2D eigenvalue weighted by Crippen LogP contribution is -2.68. The summed E-state index contributed by atoms with van der Waals surface area (Å²) in [4.78, 5) is 31.9. The van der Waals surface area contributed by atoms with Crippen LogP contribution in [0.2, 0.25) is 0 Å². The van der Waals surface area contributed by atoms with E-state index in [-0.39, 0.29) is 90.5 Å². The zero-order chi connectivity index (χ0) is 50.6. The van der Waals surface area contributed by atoms with Crippen LogP contribution in [0.25, 0.3) is 32.9 Å². The van der Waals surface area contributed by atoms with Gasteiger partial charge in [-0.2, -0.15) is 49.5 Å². The third-order valence-corrected chi connectivity index (χ3v) is 12.5. The predicted molar refractivity (Wildman–Crippen MR) is 229 cm³/mol. The van der Waals surface area contributed by atoms with Gasteiger partial charge in [0.05, 0.1) is 28.3 Å². The Morgan fingerprint density at radius 2 is 1.59 bits per heavy atom. The fraction of sp³-hybridized carbons (Fsp3) is 0.565. The summed E-state index contributed by atoms with van der Waals surface area (Å²) in [5, 5.41) is 0.618. The van der Waals surface area contributed by atoms with Crippen LogP contribution in [0, 0.1) is 24.0 Å². The maximum atomic E-state index is 17.6. The van der Waals surface area contributed by atoms with E-state index >= 15 is 8.78 Å². The van der Waals surface area contributed by atoms with Gasteiger partial charge < -0.3 is 33.5 Å². The lowest BCUT2D eigenvalue weighted by atomic mass is 9.93. The summed E-state index contributed by atoms with van der Waals surface area (Å²) in [6.45, 7) is 8.11. The molecule has 0 spiro atoms. The fourth-order valence-corrected chi connectivity index (χ4v) is 9.64. The van der Waals surface area contributed by atoms with Gasteiger partial charge in [0.1, 0.15) is 40.8 Å². The highest BCUT2D eigenvalue weighted by atomic mass is 19.4. The smallest absolute Gasteiger partial charge is 0.435 e. The number of amides is 1. The van der Waals surface area contributed by atoms with Gasteiger partial charge in [-0.15, -0.1) is 6.42 Å². The molecule has 12 nitrogen and oxygen atoms in total. The van der Waals surface area contributed by atoms with Gasteiger partial charge >= 0.3 is 36.2 Å². The number of hydrogen-bond donors (Lipinski definition) is 0. The standard InChI is InChI=1S/C44H43F11N6O6.C2H6/c1-6-27-29(45)10-8-23-16-25(65-22-63-5)17-28(31(23)27)34-33(46)35-32-30(56-34)11-9-24-19-59(38(62)67-39(2,3)4)14-15-61(24)36(32)58-37(57-35)64-21-40-12-7-13-60(40)20-26(18-40)66-41(42(47,48)49,43(50,51)52)44(53,54)55;1-2/h1,8,10,16-17,24,26H,7,9,11-15,18-22H2,2-5H3;1-2H3. The van der Waals surface area contributed by atoms with Crippen molar-refractivity contribution in [2.75, 3.05) is 58.1 Å². The minimum atomic E-state index is -6.92. The van der Waals surface area contributed by atoms with Crippen LogP contribution in [-0.2, 0) is 20.6 Å². The van der Waals surface area contributed by atoms with Crippen molar-refractivity contribution >= 4 is 33.6 Å². The van der Waals surface area contributed by atoms with Crippen LogP contribution in [-0.4, -0.2) is 131 Å². The van der Waals surface area contributed by atoms with Crippen molar-refractivity contribution in [3.05, 3.63) is 47.2 Å². The quantitative estimate of drug-likeness (QED) is 0.0908. The molecule has 0 saturated carbocycles. The Labute approximate surface area is 389 Å². The molecule has 3 fully saturated rings. The van der Waals surface area contributed by atoms with Crippen LogP contribution in [0.5, 0.6) is 11.8 Å². The van der Waals surface area contributed by atoms with Gasteiger partial charge in [-0.25, -0.2) is 18.6 Å². The number of hydrogen-bond acceptors (Lipinski definition) is 11. The monoisotopic (exact) mass is 990 g/mol. The Morgan fingerprint density at radius 1 is 0.899 bits per heavy atom. The highest BCUT2D eigenvalue weighted by molar-refractivity contribution is 6.03. The molecule has 0 radical (unpaired) electrons. The Hall–Kier alpha value is -5.47. The minimum Gasteiger partial charge on any atom is -0.468 e. The summed E-state index contributed by atoms with van der Waals surface area (Å²) in [5.41, 5.74) is -9.31. The topological polar surface area (TPSA) is 112 Å². The second-order valence-corrected chi connectivity index (χ2v) is 18.0. The summed E-state index contributed by atoms with van der Waals surface area (Å²) < 4.78 is 185. The number of methoxy groups -OCH3 is 1. The molecule has 3 unspecified atom stereocenters. The molecule has 6 heterocycles. The summed E-state index contributed by atoms with van der Waals surface area (Å²) in [5.74, 6) is 0.795. The van der Waals surface area contributed by atoms with Crippen LogP contribution >= 0.6 is 0 Å². The van der Waals surface area contributed by atoms with E-state index in [0.29, 0.717) is 23.9 Å². The number of fused-ring (bicyclic) bond motifs is 4. The summed E-state index contributed by atoms with van der Waals surface area (Å²) in [6.07, 6.45) is -17.6. The molecule has 23 heteroatoms. The third kappa shape index (κ3) is 9.35. The average Bonchev–Trinajstić information content (AvgIpc) is 3.77. The van der Waals surface area contributed by atoms with Crippen molar-refractivity contribution < 1.29 is 76.8 Å². The number of piperazine rings is 1. The molecule has 2 aromatic heterocycles. The molecular formula is C46H49F11N6O6. The van der Waals surface area contributed by atoms with Crippen LogP contribution in [0.4, 0.5) is 58.9 Å². The molecule has 0 aliphatic carbocycles. The largest absolute Gasteiger partial charge is 0.468 e. The Balaban J connectivity index is 0.00000347. The Bertz CT molecular complexity index is 2600. The first-order chi connectivity index (χ1) is 32.3. The number of halogens is 11. The van der Waals surface area contributed by atoms with E-state index in [9.17, 15) is 44.3 Å². The molecule has 4 aliphatic rings. The number of benzene rings is 2. The highest BCUT2D eigenvalue weighted by Gasteiger charge is 2.86. The second kappa shape index (κ2) is 18.7. The van der Waals surface area contributed by atoms with Crippen molar-refractivity contribution in [1.82, 2.24) is 24.8 Å². The van der Waals surface area contributed by atoms with Crippen LogP contribution < -0.4 is 14.4 Å². The van der Waals surface area contributed by atoms with E-state index < -0.39 is 90.7 Å². The maximum Gasteiger partial charge on any atom is 0.435 e. The first kappa shape index (κ1) is 51.4. The van der Waals surface area contributed by atoms with E-state index in [0.717, 1.165) is 6.07 Å². The molecule has 0 N–H and O–H groups in total. The number of nitrogens with zero attached hydrogens (tertiary/aromatic N) is 6. The summed E-state index contributed by atoms with van der Waals surface area (Å²) in [7, 11) is 1.38. The number of aromatic nitrogens is 3. The number of ether oxygens (including phenoxy) is 5. The number of carbonyl (C=O) groups excluding carboxylic acids is 1. The van der Waals surface area contributed by atoms with Gasteiger partial charge in [-0.1, -0.05) is 25.8 Å². The van der Waals surface area contributed by atoms with Crippen molar-refractivity contribution in [2.24, 2.45) is 0 Å². The molecule has 2 aromatic carbocycles.